The second kappa shape index (κ2) is 10.8. The molecule has 0 saturated carbocycles. The number of rotatable bonds is 3. The SMILES string of the molecule is CN1C(=O)CN=C(c2ccccc2)c2ccccc21.NC(=O)/C=C/c1ccc(Cl)cc1Cl. The first-order chi connectivity index (χ1) is 15.4. The number of anilines is 1. The number of para-hydroxylation sites is 1. The van der Waals surface area contributed by atoms with Crippen LogP contribution in [0.15, 0.2) is 83.9 Å². The van der Waals surface area contributed by atoms with Gasteiger partial charge >= 0.3 is 0 Å². The van der Waals surface area contributed by atoms with E-state index in [0.29, 0.717) is 15.6 Å². The molecule has 0 radical (unpaired) electrons. The van der Waals surface area contributed by atoms with Gasteiger partial charge in [-0.25, -0.2) is 0 Å². The molecule has 0 bridgehead atoms. The van der Waals surface area contributed by atoms with Crippen LogP contribution in [0.25, 0.3) is 6.08 Å². The molecule has 5 nitrogen and oxygen atoms in total. The molecule has 2 amide bonds. The maximum Gasteiger partial charge on any atom is 0.248 e. The summed E-state index contributed by atoms with van der Waals surface area (Å²) >= 11 is 11.5. The molecule has 3 aromatic carbocycles. The van der Waals surface area contributed by atoms with Crippen molar-refractivity contribution in [3.8, 4) is 0 Å². The van der Waals surface area contributed by atoms with Gasteiger partial charge in [-0.2, -0.15) is 0 Å². The fraction of sp³-hybridized carbons (Fsp3) is 0.0800. The van der Waals surface area contributed by atoms with Gasteiger partial charge in [0, 0.05) is 34.3 Å². The molecule has 4 rings (SSSR count). The third-order valence-corrected chi connectivity index (χ3v) is 5.27. The van der Waals surface area contributed by atoms with Crippen molar-refractivity contribution in [2.24, 2.45) is 10.7 Å². The van der Waals surface area contributed by atoms with E-state index >= 15 is 0 Å². The predicted molar refractivity (Wildman–Crippen MR) is 131 cm³/mol. The summed E-state index contributed by atoms with van der Waals surface area (Å²) in [6.45, 7) is 0.190. The van der Waals surface area contributed by atoms with Crippen molar-refractivity contribution < 1.29 is 9.59 Å². The summed E-state index contributed by atoms with van der Waals surface area (Å²) < 4.78 is 0. The van der Waals surface area contributed by atoms with Crippen LogP contribution in [-0.2, 0) is 9.59 Å². The van der Waals surface area contributed by atoms with Crippen molar-refractivity contribution in [3.05, 3.63) is 106 Å². The zero-order chi connectivity index (χ0) is 23.1. The number of fused-ring (bicyclic) bond motifs is 1. The van der Waals surface area contributed by atoms with Gasteiger partial charge in [-0.05, 0) is 29.8 Å². The smallest absolute Gasteiger partial charge is 0.248 e. The molecule has 0 fully saturated rings. The fourth-order valence-electron chi connectivity index (χ4n) is 3.09. The molecule has 162 valence electrons. The fourth-order valence-corrected chi connectivity index (χ4v) is 3.56. The van der Waals surface area contributed by atoms with E-state index < -0.39 is 5.91 Å². The maximum atomic E-state index is 12.0. The number of carbonyl (C=O) groups is 2. The van der Waals surface area contributed by atoms with E-state index in [2.05, 4.69) is 4.99 Å². The normalized spacial score (nSPS) is 13.0. The number of carbonyl (C=O) groups excluding carboxylic acids is 2. The van der Waals surface area contributed by atoms with Crippen molar-refractivity contribution >= 4 is 52.5 Å². The van der Waals surface area contributed by atoms with E-state index in [1.807, 2.05) is 54.6 Å². The number of benzodiazepines with no additional fused rings is 1. The molecule has 0 spiro atoms. The average molecular weight is 466 g/mol. The summed E-state index contributed by atoms with van der Waals surface area (Å²) in [6, 6.07) is 22.9. The lowest BCUT2D eigenvalue weighted by molar-refractivity contribution is -0.117. The zero-order valence-corrected chi connectivity index (χ0v) is 18.8. The summed E-state index contributed by atoms with van der Waals surface area (Å²) in [5.41, 5.74) is 9.47. The molecule has 0 saturated heterocycles. The average Bonchev–Trinajstić information content (AvgIpc) is 2.91. The number of halogens is 2. The van der Waals surface area contributed by atoms with Gasteiger partial charge < -0.3 is 10.6 Å². The Morgan fingerprint density at radius 1 is 1.03 bits per heavy atom. The summed E-state index contributed by atoms with van der Waals surface area (Å²) in [5.74, 6) is -0.496. The molecular formula is C25H21Cl2N3O2. The highest BCUT2D eigenvalue weighted by molar-refractivity contribution is 6.35. The first kappa shape index (κ1) is 23.3. The molecule has 0 unspecified atom stereocenters. The van der Waals surface area contributed by atoms with Gasteiger partial charge in [-0.3, -0.25) is 14.6 Å². The number of amides is 2. The van der Waals surface area contributed by atoms with E-state index in [0.717, 1.165) is 22.5 Å². The van der Waals surface area contributed by atoms with Crippen LogP contribution >= 0.6 is 23.2 Å². The highest BCUT2D eigenvalue weighted by Gasteiger charge is 2.21. The third-order valence-electron chi connectivity index (χ3n) is 4.70. The Morgan fingerprint density at radius 3 is 2.41 bits per heavy atom. The molecule has 3 aromatic rings. The maximum absolute atomic E-state index is 12.0. The number of primary amides is 1. The molecular weight excluding hydrogens is 445 g/mol. The van der Waals surface area contributed by atoms with Gasteiger partial charge in [0.2, 0.25) is 11.8 Å². The number of benzene rings is 3. The molecule has 0 aliphatic carbocycles. The van der Waals surface area contributed by atoms with Crippen LogP contribution in [0.1, 0.15) is 16.7 Å². The summed E-state index contributed by atoms with van der Waals surface area (Å²) in [6.07, 6.45) is 2.79. The van der Waals surface area contributed by atoms with Crippen LogP contribution < -0.4 is 10.6 Å². The Morgan fingerprint density at radius 2 is 1.72 bits per heavy atom. The lowest BCUT2D eigenvalue weighted by Gasteiger charge is -2.17. The van der Waals surface area contributed by atoms with Crippen molar-refractivity contribution in [2.75, 3.05) is 18.5 Å². The molecule has 2 N–H and O–H groups in total. The van der Waals surface area contributed by atoms with E-state index in [9.17, 15) is 9.59 Å². The molecule has 1 aliphatic heterocycles. The molecule has 0 aromatic heterocycles. The Hall–Kier alpha value is -3.41. The van der Waals surface area contributed by atoms with Crippen LogP contribution in [0, 0.1) is 0 Å². The molecule has 32 heavy (non-hydrogen) atoms. The first-order valence-electron chi connectivity index (χ1n) is 9.75. The lowest BCUT2D eigenvalue weighted by Crippen LogP contribution is -2.27. The zero-order valence-electron chi connectivity index (χ0n) is 17.3. The van der Waals surface area contributed by atoms with Crippen LogP contribution in [-0.4, -0.2) is 31.1 Å². The van der Waals surface area contributed by atoms with Gasteiger partial charge in [0.1, 0.15) is 6.54 Å². The monoisotopic (exact) mass is 465 g/mol. The third kappa shape index (κ3) is 5.84. The second-order valence-electron chi connectivity index (χ2n) is 6.90. The minimum Gasteiger partial charge on any atom is -0.366 e. The largest absolute Gasteiger partial charge is 0.366 e. The van der Waals surface area contributed by atoms with Gasteiger partial charge in [0.25, 0.3) is 0 Å². The number of hydrogen-bond acceptors (Lipinski definition) is 3. The van der Waals surface area contributed by atoms with E-state index in [4.69, 9.17) is 28.9 Å². The highest BCUT2D eigenvalue weighted by atomic mass is 35.5. The summed E-state index contributed by atoms with van der Waals surface area (Å²) in [5, 5.41) is 1.05. The van der Waals surface area contributed by atoms with Crippen LogP contribution in [0.5, 0.6) is 0 Å². The Bertz CT molecular complexity index is 1190. The minimum absolute atomic E-state index is 0.0124. The predicted octanol–water partition coefficient (Wildman–Crippen LogP) is 4.99. The molecule has 1 aliphatic rings. The van der Waals surface area contributed by atoms with E-state index in [1.54, 1.807) is 36.2 Å². The second-order valence-corrected chi connectivity index (χ2v) is 7.75. The van der Waals surface area contributed by atoms with E-state index in [-0.39, 0.29) is 12.5 Å². The van der Waals surface area contributed by atoms with Crippen molar-refractivity contribution in [2.45, 2.75) is 0 Å². The number of nitrogens with two attached hydrogens (primary N) is 1. The molecule has 1 heterocycles. The topological polar surface area (TPSA) is 75.8 Å². The molecule has 0 atom stereocenters. The van der Waals surface area contributed by atoms with Gasteiger partial charge in [0.15, 0.2) is 0 Å². The standard InChI is InChI=1S/C16H14N2O.C9H7Cl2NO/c1-18-14-10-6-5-9-13(14)16(17-11-15(18)19)12-7-3-2-4-8-12;10-7-3-1-6(8(11)5-7)2-4-9(12)13/h2-10H,11H2,1H3;1-5H,(H2,12,13)/b;4-2+. The van der Waals surface area contributed by atoms with Gasteiger partial charge in [0.05, 0.1) is 11.4 Å². The number of aliphatic imine (C=N–C) groups is 1. The lowest BCUT2D eigenvalue weighted by atomic mass is 10.0. The quantitative estimate of drug-likeness (QED) is 0.552. The summed E-state index contributed by atoms with van der Waals surface area (Å²) in [4.78, 5) is 28.6. The first-order valence-corrected chi connectivity index (χ1v) is 10.5. The Kier molecular flexibility index (Phi) is 7.82. The Labute approximate surface area is 196 Å². The van der Waals surface area contributed by atoms with Crippen LogP contribution in [0.3, 0.4) is 0 Å². The van der Waals surface area contributed by atoms with Crippen LogP contribution in [0.4, 0.5) is 5.69 Å². The van der Waals surface area contributed by atoms with Gasteiger partial charge in [-0.1, -0.05) is 77.8 Å². The van der Waals surface area contributed by atoms with Crippen molar-refractivity contribution in [1.29, 1.82) is 0 Å². The van der Waals surface area contributed by atoms with Crippen molar-refractivity contribution in [1.82, 2.24) is 0 Å². The van der Waals surface area contributed by atoms with Gasteiger partial charge in [-0.15, -0.1) is 0 Å². The van der Waals surface area contributed by atoms with Crippen molar-refractivity contribution in [3.63, 3.8) is 0 Å². The number of nitrogens with zero attached hydrogens (tertiary/aromatic N) is 2. The van der Waals surface area contributed by atoms with E-state index in [1.165, 1.54) is 6.08 Å². The number of hydrogen-bond donors (Lipinski definition) is 1. The molecule has 7 heteroatoms. The highest BCUT2D eigenvalue weighted by Crippen LogP contribution is 2.25. The Balaban J connectivity index is 0.000000195. The van der Waals surface area contributed by atoms with Crippen LogP contribution in [0.2, 0.25) is 10.0 Å². The minimum atomic E-state index is -0.508. The summed E-state index contributed by atoms with van der Waals surface area (Å²) in [7, 11) is 1.80. The number of likely N-dealkylation sites (N-methyl/N-ethyl adjacent to an activating group) is 1.